The fourth-order valence-electron chi connectivity index (χ4n) is 7.87. The highest BCUT2D eigenvalue weighted by atomic mass is 16.3. The van der Waals surface area contributed by atoms with Gasteiger partial charge in [0.05, 0.1) is 27.8 Å². The summed E-state index contributed by atoms with van der Waals surface area (Å²) in [5, 5.41) is 10.3. The lowest BCUT2D eigenvalue weighted by Gasteiger charge is -2.11. The molecular weight excluding hydrogens is 611 g/mol. The highest BCUT2D eigenvalue weighted by Crippen LogP contribution is 2.43. The molecule has 11 aromatic rings. The van der Waals surface area contributed by atoms with E-state index in [1.807, 2.05) is 18.2 Å². The molecule has 3 heterocycles. The first-order valence-electron chi connectivity index (χ1n) is 16.9. The van der Waals surface area contributed by atoms with Crippen LogP contribution in [0.4, 0.5) is 0 Å². The monoisotopic (exact) mass is 637 g/mol. The highest BCUT2D eigenvalue weighted by molar-refractivity contribution is 6.23. The van der Waals surface area contributed by atoms with Crippen molar-refractivity contribution in [2.75, 3.05) is 0 Å². The molecule has 0 saturated carbocycles. The van der Waals surface area contributed by atoms with Gasteiger partial charge >= 0.3 is 0 Å². The average Bonchev–Trinajstić information content (AvgIpc) is 3.72. The normalized spacial score (nSPS) is 12.0. The summed E-state index contributed by atoms with van der Waals surface area (Å²) in [6.45, 7) is 0. The van der Waals surface area contributed by atoms with Gasteiger partial charge < -0.3 is 8.98 Å². The van der Waals surface area contributed by atoms with Crippen molar-refractivity contribution in [3.63, 3.8) is 0 Å². The molecule has 0 unspecified atom stereocenters. The van der Waals surface area contributed by atoms with Crippen molar-refractivity contribution in [3.8, 4) is 28.3 Å². The first-order chi connectivity index (χ1) is 24.8. The predicted molar refractivity (Wildman–Crippen MR) is 207 cm³/mol. The van der Waals surface area contributed by atoms with Crippen LogP contribution in [0.5, 0.6) is 0 Å². The molecule has 0 N–H and O–H groups in total. The van der Waals surface area contributed by atoms with Crippen LogP contribution in [0, 0.1) is 0 Å². The van der Waals surface area contributed by atoms with Crippen LogP contribution in [0.1, 0.15) is 0 Å². The lowest BCUT2D eigenvalue weighted by atomic mass is 9.99. The molecule has 0 saturated heterocycles. The van der Waals surface area contributed by atoms with Gasteiger partial charge in [0.2, 0.25) is 0 Å². The lowest BCUT2D eigenvalue weighted by molar-refractivity contribution is 0.669. The second-order valence-corrected chi connectivity index (χ2v) is 13.0. The molecule has 8 aromatic carbocycles. The van der Waals surface area contributed by atoms with Gasteiger partial charge in [-0.2, -0.15) is 0 Å². The molecule has 0 aliphatic rings. The molecule has 0 bridgehead atoms. The van der Waals surface area contributed by atoms with E-state index in [0.29, 0.717) is 5.82 Å². The van der Waals surface area contributed by atoms with E-state index in [1.165, 1.54) is 27.1 Å². The van der Waals surface area contributed by atoms with Crippen LogP contribution >= 0.6 is 0 Å². The van der Waals surface area contributed by atoms with E-state index < -0.39 is 0 Å². The Kier molecular flexibility index (Phi) is 5.63. The maximum absolute atomic E-state index is 6.94. The molecule has 232 valence electrons. The maximum atomic E-state index is 6.94. The standard InChI is InChI=1S/C46H27N3O/c1-2-12-28(13-3-1)44-35-19-8-10-20-39(35)47-46(48-44)38-25-31-16-6-7-17-33(31)43-36-23-22-32(27-42(36)50-45(38)43)49-40-21-11-9-18-34(40)37-24-29-14-4-5-15-30(29)26-41(37)49/h1-27H. The molecule has 0 aliphatic carbocycles. The number of para-hydroxylation sites is 2. The van der Waals surface area contributed by atoms with Crippen LogP contribution in [0.2, 0.25) is 0 Å². The van der Waals surface area contributed by atoms with Gasteiger partial charge in [0, 0.05) is 44.2 Å². The van der Waals surface area contributed by atoms with Crippen LogP contribution in [-0.2, 0) is 0 Å². The Bertz CT molecular complexity index is 3150. The summed E-state index contributed by atoms with van der Waals surface area (Å²) in [6.07, 6.45) is 0. The summed E-state index contributed by atoms with van der Waals surface area (Å²) in [6, 6.07) is 57.7. The van der Waals surface area contributed by atoms with E-state index in [-0.39, 0.29) is 0 Å². The largest absolute Gasteiger partial charge is 0.455 e. The van der Waals surface area contributed by atoms with E-state index in [9.17, 15) is 0 Å². The Labute approximate surface area is 286 Å². The number of hydrogen-bond acceptors (Lipinski definition) is 3. The summed E-state index contributed by atoms with van der Waals surface area (Å²) < 4.78 is 9.31. The number of furan rings is 1. The number of rotatable bonds is 3. The molecule has 0 fully saturated rings. The molecule has 0 amide bonds. The number of aromatic nitrogens is 3. The lowest BCUT2D eigenvalue weighted by Crippen LogP contribution is -1.95. The first-order valence-corrected chi connectivity index (χ1v) is 16.9. The van der Waals surface area contributed by atoms with Gasteiger partial charge in [-0.25, -0.2) is 9.97 Å². The third-order valence-corrected chi connectivity index (χ3v) is 10.1. The molecule has 0 radical (unpaired) electrons. The summed E-state index contributed by atoms with van der Waals surface area (Å²) in [5.74, 6) is 0.645. The predicted octanol–water partition coefficient (Wildman–Crippen LogP) is 12.3. The van der Waals surface area contributed by atoms with Gasteiger partial charge in [-0.1, -0.05) is 115 Å². The molecule has 50 heavy (non-hydrogen) atoms. The quantitative estimate of drug-likeness (QED) is 0.194. The fraction of sp³-hybridized carbons (Fsp3) is 0. The van der Waals surface area contributed by atoms with Crippen molar-refractivity contribution >= 4 is 76.2 Å². The second kappa shape index (κ2) is 10.4. The van der Waals surface area contributed by atoms with Gasteiger partial charge in [-0.05, 0) is 64.0 Å². The van der Waals surface area contributed by atoms with Gasteiger partial charge in [-0.15, -0.1) is 0 Å². The number of fused-ring (bicyclic) bond motifs is 10. The topological polar surface area (TPSA) is 43.9 Å². The summed E-state index contributed by atoms with van der Waals surface area (Å²) in [5.41, 5.74) is 8.74. The van der Waals surface area contributed by atoms with E-state index >= 15 is 0 Å². The number of nitrogens with zero attached hydrogens (tertiary/aromatic N) is 3. The Morgan fingerprint density at radius 1 is 0.460 bits per heavy atom. The summed E-state index contributed by atoms with van der Waals surface area (Å²) in [4.78, 5) is 10.4. The van der Waals surface area contributed by atoms with Gasteiger partial charge in [-0.3, -0.25) is 0 Å². The van der Waals surface area contributed by atoms with Crippen molar-refractivity contribution in [2.24, 2.45) is 0 Å². The minimum Gasteiger partial charge on any atom is -0.455 e. The first kappa shape index (κ1) is 27.2. The zero-order valence-corrected chi connectivity index (χ0v) is 26.8. The van der Waals surface area contributed by atoms with Gasteiger partial charge in [0.25, 0.3) is 0 Å². The zero-order valence-electron chi connectivity index (χ0n) is 26.8. The Balaban J connectivity index is 1.20. The fourth-order valence-corrected chi connectivity index (χ4v) is 7.87. The molecule has 0 atom stereocenters. The Hall–Kier alpha value is -6.78. The number of hydrogen-bond donors (Lipinski definition) is 0. The minimum atomic E-state index is 0.645. The van der Waals surface area contributed by atoms with Crippen LogP contribution in [0.15, 0.2) is 168 Å². The third kappa shape index (κ3) is 3.93. The summed E-state index contributed by atoms with van der Waals surface area (Å²) in [7, 11) is 0. The molecule has 4 nitrogen and oxygen atoms in total. The molecule has 3 aromatic heterocycles. The van der Waals surface area contributed by atoms with Crippen molar-refractivity contribution in [2.45, 2.75) is 0 Å². The van der Waals surface area contributed by atoms with E-state index in [4.69, 9.17) is 14.4 Å². The van der Waals surface area contributed by atoms with Gasteiger partial charge in [0.1, 0.15) is 11.2 Å². The Morgan fingerprint density at radius 3 is 2.02 bits per heavy atom. The van der Waals surface area contributed by atoms with Crippen LogP contribution in [0.25, 0.3) is 105 Å². The highest BCUT2D eigenvalue weighted by Gasteiger charge is 2.21. The second-order valence-electron chi connectivity index (χ2n) is 13.0. The van der Waals surface area contributed by atoms with Crippen LogP contribution in [0.3, 0.4) is 0 Å². The third-order valence-electron chi connectivity index (χ3n) is 10.1. The average molecular weight is 638 g/mol. The van der Waals surface area contributed by atoms with E-state index in [2.05, 4.69) is 150 Å². The SMILES string of the molecule is c1ccc(-c2nc(-c3cc4ccccc4c4c3oc3cc(-n5c6ccccc6c6cc7ccccc7cc65)ccc34)nc3ccccc23)cc1. The molecule has 11 rings (SSSR count). The maximum Gasteiger partial charge on any atom is 0.164 e. The smallest absolute Gasteiger partial charge is 0.164 e. The molecular formula is C46H27N3O. The van der Waals surface area contributed by atoms with Crippen molar-refractivity contribution in [1.29, 1.82) is 0 Å². The van der Waals surface area contributed by atoms with E-state index in [0.717, 1.165) is 71.6 Å². The van der Waals surface area contributed by atoms with Crippen molar-refractivity contribution < 1.29 is 4.42 Å². The Morgan fingerprint density at radius 2 is 1.16 bits per heavy atom. The van der Waals surface area contributed by atoms with Crippen molar-refractivity contribution in [3.05, 3.63) is 164 Å². The zero-order chi connectivity index (χ0) is 32.8. The summed E-state index contributed by atoms with van der Waals surface area (Å²) >= 11 is 0. The molecule has 0 aliphatic heterocycles. The number of benzene rings is 8. The van der Waals surface area contributed by atoms with Gasteiger partial charge in [0.15, 0.2) is 5.82 Å². The molecule has 0 spiro atoms. The van der Waals surface area contributed by atoms with Crippen molar-refractivity contribution in [1.82, 2.24) is 14.5 Å². The molecule has 4 heteroatoms. The minimum absolute atomic E-state index is 0.645. The van der Waals surface area contributed by atoms with E-state index in [1.54, 1.807) is 0 Å². The van der Waals surface area contributed by atoms with Crippen LogP contribution < -0.4 is 0 Å². The van der Waals surface area contributed by atoms with Crippen LogP contribution in [-0.4, -0.2) is 14.5 Å².